The van der Waals surface area contributed by atoms with Crippen LogP contribution in [-0.4, -0.2) is 9.97 Å². The van der Waals surface area contributed by atoms with Crippen molar-refractivity contribution < 1.29 is 0 Å². The van der Waals surface area contributed by atoms with Crippen molar-refractivity contribution in [2.45, 2.75) is 13.3 Å². The lowest BCUT2D eigenvalue weighted by molar-refractivity contribution is 1.15. The average Bonchev–Trinajstić information content (AvgIpc) is 2.80. The molecule has 0 aliphatic heterocycles. The Morgan fingerprint density at radius 3 is 2.94 bits per heavy atom. The molecule has 0 aliphatic rings. The predicted molar refractivity (Wildman–Crippen MR) is 76.5 cm³/mol. The molecule has 2 heterocycles. The van der Waals surface area contributed by atoms with Crippen LogP contribution in [0, 0.1) is 0 Å². The summed E-state index contributed by atoms with van der Waals surface area (Å²) >= 11 is 1.66. The van der Waals surface area contributed by atoms with Crippen molar-refractivity contribution in [3.05, 3.63) is 48.2 Å². The van der Waals surface area contributed by atoms with Crippen molar-refractivity contribution in [2.75, 3.05) is 5.32 Å². The van der Waals surface area contributed by atoms with Crippen molar-refractivity contribution in [2.24, 2.45) is 0 Å². The molecule has 0 radical (unpaired) electrons. The van der Waals surface area contributed by atoms with Gasteiger partial charge in [0.05, 0.1) is 10.2 Å². The molecule has 90 valence electrons. The maximum atomic E-state index is 4.55. The van der Waals surface area contributed by atoms with Crippen LogP contribution < -0.4 is 5.32 Å². The topological polar surface area (TPSA) is 37.8 Å². The highest BCUT2D eigenvalue weighted by Gasteiger charge is 2.04. The van der Waals surface area contributed by atoms with E-state index >= 15 is 0 Å². The van der Waals surface area contributed by atoms with Gasteiger partial charge in [0, 0.05) is 6.20 Å². The van der Waals surface area contributed by atoms with Crippen LogP contribution in [0.3, 0.4) is 0 Å². The largest absolute Gasteiger partial charge is 0.316 e. The van der Waals surface area contributed by atoms with Crippen LogP contribution in [0.25, 0.3) is 10.2 Å². The molecule has 18 heavy (non-hydrogen) atoms. The van der Waals surface area contributed by atoms with Gasteiger partial charge in [-0.3, -0.25) is 0 Å². The van der Waals surface area contributed by atoms with E-state index in [0.717, 1.165) is 22.9 Å². The van der Waals surface area contributed by atoms with E-state index in [4.69, 9.17) is 0 Å². The molecule has 0 saturated carbocycles. The maximum absolute atomic E-state index is 4.55. The van der Waals surface area contributed by atoms with Crippen LogP contribution >= 0.6 is 11.3 Å². The highest BCUT2D eigenvalue weighted by molar-refractivity contribution is 7.22. The number of aryl methyl sites for hydroxylation is 1. The summed E-state index contributed by atoms with van der Waals surface area (Å²) in [4.78, 5) is 8.78. The van der Waals surface area contributed by atoms with Gasteiger partial charge in [-0.1, -0.05) is 30.4 Å². The molecule has 4 heteroatoms. The molecular weight excluding hydrogens is 242 g/mol. The van der Waals surface area contributed by atoms with Crippen molar-refractivity contribution in [3.8, 4) is 0 Å². The number of thiazole rings is 1. The molecular formula is C14H13N3S. The Bertz CT molecular complexity index is 661. The summed E-state index contributed by atoms with van der Waals surface area (Å²) in [6, 6.07) is 12.2. The molecule has 0 atom stereocenters. The molecule has 3 nitrogen and oxygen atoms in total. The van der Waals surface area contributed by atoms with Gasteiger partial charge in [0.2, 0.25) is 0 Å². The van der Waals surface area contributed by atoms with E-state index in [0.29, 0.717) is 0 Å². The van der Waals surface area contributed by atoms with E-state index in [-0.39, 0.29) is 0 Å². The van der Waals surface area contributed by atoms with Crippen LogP contribution in [0.2, 0.25) is 0 Å². The fourth-order valence-electron chi connectivity index (χ4n) is 1.79. The van der Waals surface area contributed by atoms with Gasteiger partial charge in [0.15, 0.2) is 5.13 Å². The summed E-state index contributed by atoms with van der Waals surface area (Å²) in [7, 11) is 0. The number of pyridine rings is 1. The zero-order chi connectivity index (χ0) is 12.4. The third-order valence-corrected chi connectivity index (χ3v) is 3.69. The normalized spacial score (nSPS) is 10.7. The lowest BCUT2D eigenvalue weighted by Gasteiger charge is -1.98. The highest BCUT2D eigenvalue weighted by Crippen LogP contribution is 2.28. The van der Waals surface area contributed by atoms with E-state index in [1.54, 1.807) is 17.5 Å². The summed E-state index contributed by atoms with van der Waals surface area (Å²) in [5, 5.41) is 4.11. The fraction of sp³-hybridized carbons (Fsp3) is 0.143. The molecule has 1 N–H and O–H groups in total. The van der Waals surface area contributed by atoms with Gasteiger partial charge < -0.3 is 5.32 Å². The van der Waals surface area contributed by atoms with Crippen LogP contribution in [0.15, 0.2) is 42.6 Å². The number of hydrogen-bond acceptors (Lipinski definition) is 4. The zero-order valence-corrected chi connectivity index (χ0v) is 10.9. The molecule has 3 rings (SSSR count). The molecule has 2 aromatic heterocycles. The second kappa shape index (κ2) is 4.74. The summed E-state index contributed by atoms with van der Waals surface area (Å²) in [6.07, 6.45) is 2.82. The minimum Gasteiger partial charge on any atom is -0.316 e. The van der Waals surface area contributed by atoms with Crippen LogP contribution in [0.5, 0.6) is 0 Å². The first-order valence-corrected chi connectivity index (χ1v) is 6.74. The minimum atomic E-state index is 0.826. The highest BCUT2D eigenvalue weighted by atomic mass is 32.1. The molecule has 0 spiro atoms. The van der Waals surface area contributed by atoms with E-state index in [9.17, 15) is 0 Å². The number of benzene rings is 1. The van der Waals surface area contributed by atoms with Gasteiger partial charge in [0.25, 0.3) is 0 Å². The second-order valence-electron chi connectivity index (χ2n) is 4.01. The monoisotopic (exact) mass is 255 g/mol. The van der Waals surface area contributed by atoms with Crippen molar-refractivity contribution in [1.82, 2.24) is 9.97 Å². The summed E-state index contributed by atoms with van der Waals surface area (Å²) in [5.74, 6) is 0.826. The van der Waals surface area contributed by atoms with E-state index in [1.165, 1.54) is 10.3 Å². The second-order valence-corrected chi connectivity index (χ2v) is 5.05. The number of nitrogens with zero attached hydrogens (tertiary/aromatic N) is 2. The number of nitrogens with one attached hydrogen (secondary N) is 1. The summed E-state index contributed by atoms with van der Waals surface area (Å²) in [5.41, 5.74) is 2.38. The number of fused-ring (bicyclic) bond motifs is 1. The standard InChI is InChI=1S/C14H13N3S/c1-2-10-6-7-11-12(9-10)18-14(16-11)17-13-5-3-4-8-15-13/h3-9H,2H2,1H3,(H,15,16,17). The summed E-state index contributed by atoms with van der Waals surface area (Å²) in [6.45, 7) is 2.16. The summed E-state index contributed by atoms with van der Waals surface area (Å²) < 4.78 is 1.22. The predicted octanol–water partition coefficient (Wildman–Crippen LogP) is 4.00. The Morgan fingerprint density at radius 2 is 2.17 bits per heavy atom. The minimum absolute atomic E-state index is 0.826. The van der Waals surface area contributed by atoms with E-state index < -0.39 is 0 Å². The van der Waals surface area contributed by atoms with Gasteiger partial charge in [-0.15, -0.1) is 0 Å². The average molecular weight is 255 g/mol. The molecule has 0 saturated heterocycles. The number of aromatic nitrogens is 2. The lowest BCUT2D eigenvalue weighted by Crippen LogP contribution is -1.90. The molecule has 0 amide bonds. The maximum Gasteiger partial charge on any atom is 0.189 e. The Labute approximate surface area is 110 Å². The van der Waals surface area contributed by atoms with Crippen molar-refractivity contribution in [3.63, 3.8) is 0 Å². The molecule has 3 aromatic rings. The van der Waals surface area contributed by atoms with Crippen molar-refractivity contribution in [1.29, 1.82) is 0 Å². The Balaban J connectivity index is 1.94. The van der Waals surface area contributed by atoms with E-state index in [2.05, 4.69) is 40.4 Å². The van der Waals surface area contributed by atoms with Gasteiger partial charge >= 0.3 is 0 Å². The number of rotatable bonds is 3. The fourth-order valence-corrected chi connectivity index (χ4v) is 2.73. The van der Waals surface area contributed by atoms with Gasteiger partial charge in [-0.05, 0) is 36.2 Å². The smallest absolute Gasteiger partial charge is 0.189 e. The van der Waals surface area contributed by atoms with Gasteiger partial charge in [0.1, 0.15) is 5.82 Å². The zero-order valence-electron chi connectivity index (χ0n) is 10.1. The van der Waals surface area contributed by atoms with Crippen molar-refractivity contribution >= 4 is 32.5 Å². The third kappa shape index (κ3) is 2.19. The van der Waals surface area contributed by atoms with Crippen LogP contribution in [-0.2, 0) is 6.42 Å². The molecule has 0 aliphatic carbocycles. The van der Waals surface area contributed by atoms with Gasteiger partial charge in [-0.2, -0.15) is 0 Å². The Morgan fingerprint density at radius 1 is 1.22 bits per heavy atom. The number of anilines is 2. The molecule has 1 aromatic carbocycles. The van der Waals surface area contributed by atoms with Crippen LogP contribution in [0.4, 0.5) is 10.9 Å². The molecule has 0 fully saturated rings. The Hall–Kier alpha value is -1.94. The molecule has 0 bridgehead atoms. The Kier molecular flexibility index (Phi) is 2.94. The first-order valence-electron chi connectivity index (χ1n) is 5.92. The van der Waals surface area contributed by atoms with Gasteiger partial charge in [-0.25, -0.2) is 9.97 Å². The van der Waals surface area contributed by atoms with E-state index in [1.807, 2.05) is 18.2 Å². The SMILES string of the molecule is CCc1ccc2nc(Nc3ccccn3)sc2c1. The first kappa shape index (κ1) is 11.2. The molecule has 0 unspecified atom stereocenters. The van der Waals surface area contributed by atoms with Crippen LogP contribution in [0.1, 0.15) is 12.5 Å². The first-order chi connectivity index (χ1) is 8.85. The lowest BCUT2D eigenvalue weighted by atomic mass is 10.2. The number of hydrogen-bond donors (Lipinski definition) is 1. The quantitative estimate of drug-likeness (QED) is 0.768. The third-order valence-electron chi connectivity index (χ3n) is 2.76.